The van der Waals surface area contributed by atoms with Crippen LogP contribution >= 0.6 is 0 Å². The molecule has 0 saturated carbocycles. The smallest absolute Gasteiger partial charge is 0.279 e. The standard InChI is InChI=1S/C23H31N3O/c1-18(2)23(20-8-4-3-5-9-20)24-16-22(27)25-21-12-10-19(11-13-21)17-26-14-6-7-15-26/h3-5,8-13,18,23-24H,6-7,14-17H2,1-2H3,(H,25,27)/p+2/t23-/m0/s1. The van der Waals surface area contributed by atoms with Gasteiger partial charge in [0.1, 0.15) is 12.6 Å². The summed E-state index contributed by atoms with van der Waals surface area (Å²) in [5, 5.41) is 5.17. The fourth-order valence-electron chi connectivity index (χ4n) is 3.96. The molecule has 1 fully saturated rings. The zero-order valence-electron chi connectivity index (χ0n) is 16.6. The summed E-state index contributed by atoms with van der Waals surface area (Å²) in [4.78, 5) is 14.1. The van der Waals surface area contributed by atoms with E-state index in [0.717, 1.165) is 12.2 Å². The number of hydrogen-bond donors (Lipinski definition) is 3. The van der Waals surface area contributed by atoms with Crippen LogP contribution in [0.5, 0.6) is 0 Å². The van der Waals surface area contributed by atoms with Gasteiger partial charge in [0.15, 0.2) is 6.54 Å². The van der Waals surface area contributed by atoms with Crippen molar-refractivity contribution in [2.75, 3.05) is 25.0 Å². The molecule has 0 unspecified atom stereocenters. The highest BCUT2D eigenvalue weighted by Gasteiger charge is 2.20. The van der Waals surface area contributed by atoms with Crippen LogP contribution in [0.15, 0.2) is 54.6 Å². The minimum atomic E-state index is 0.0505. The van der Waals surface area contributed by atoms with Gasteiger partial charge in [-0.25, -0.2) is 0 Å². The number of anilines is 1. The van der Waals surface area contributed by atoms with Crippen LogP contribution < -0.4 is 15.5 Å². The summed E-state index contributed by atoms with van der Waals surface area (Å²) in [6.07, 6.45) is 2.70. The lowest BCUT2D eigenvalue weighted by molar-refractivity contribution is -0.901. The van der Waals surface area contributed by atoms with Crippen LogP contribution in [0.4, 0.5) is 5.69 Å². The fraction of sp³-hybridized carbons (Fsp3) is 0.435. The maximum Gasteiger partial charge on any atom is 0.279 e. The van der Waals surface area contributed by atoms with Gasteiger partial charge in [0, 0.05) is 35.6 Å². The van der Waals surface area contributed by atoms with Crippen LogP contribution in [0.3, 0.4) is 0 Å². The normalized spacial score (nSPS) is 15.8. The third-order valence-corrected chi connectivity index (χ3v) is 5.46. The molecule has 4 N–H and O–H groups in total. The van der Waals surface area contributed by atoms with E-state index >= 15 is 0 Å². The molecule has 1 atom stereocenters. The van der Waals surface area contributed by atoms with Crippen LogP contribution in [-0.2, 0) is 11.3 Å². The van der Waals surface area contributed by atoms with Crippen molar-refractivity contribution in [1.29, 1.82) is 0 Å². The summed E-state index contributed by atoms with van der Waals surface area (Å²) in [5.41, 5.74) is 3.50. The van der Waals surface area contributed by atoms with Crippen LogP contribution in [0.25, 0.3) is 0 Å². The van der Waals surface area contributed by atoms with Gasteiger partial charge in [0.2, 0.25) is 0 Å². The molecule has 4 nitrogen and oxygen atoms in total. The van der Waals surface area contributed by atoms with Gasteiger partial charge in [0.25, 0.3) is 5.91 Å². The van der Waals surface area contributed by atoms with Crippen molar-refractivity contribution in [3.8, 4) is 0 Å². The molecule has 1 aliphatic heterocycles. The minimum absolute atomic E-state index is 0.0505. The van der Waals surface area contributed by atoms with Crippen molar-refractivity contribution in [1.82, 2.24) is 0 Å². The summed E-state index contributed by atoms with van der Waals surface area (Å²) in [6, 6.07) is 19.1. The molecular formula is C23H33N3O+2. The van der Waals surface area contributed by atoms with E-state index in [0.29, 0.717) is 18.5 Å². The number of benzene rings is 2. The Balaban J connectivity index is 1.49. The Morgan fingerprint density at radius 1 is 1.04 bits per heavy atom. The molecule has 1 aliphatic rings. The molecule has 4 heteroatoms. The summed E-state index contributed by atoms with van der Waals surface area (Å²) < 4.78 is 0. The van der Waals surface area contributed by atoms with Crippen LogP contribution in [0.2, 0.25) is 0 Å². The average molecular weight is 368 g/mol. The third-order valence-electron chi connectivity index (χ3n) is 5.46. The molecule has 3 rings (SSSR count). The molecule has 2 aromatic carbocycles. The number of nitrogens with two attached hydrogens (primary N) is 1. The molecule has 0 aromatic heterocycles. The zero-order valence-corrected chi connectivity index (χ0v) is 16.6. The Kier molecular flexibility index (Phi) is 7.02. The second-order valence-corrected chi connectivity index (χ2v) is 8.00. The summed E-state index contributed by atoms with van der Waals surface area (Å²) in [5.74, 6) is 0.516. The van der Waals surface area contributed by atoms with Crippen molar-refractivity contribution in [3.63, 3.8) is 0 Å². The molecule has 0 aliphatic carbocycles. The summed E-state index contributed by atoms with van der Waals surface area (Å²) >= 11 is 0. The quantitative estimate of drug-likeness (QED) is 0.654. The number of amides is 1. The van der Waals surface area contributed by atoms with E-state index in [4.69, 9.17) is 0 Å². The molecule has 2 aromatic rings. The maximum atomic E-state index is 12.4. The average Bonchev–Trinajstić information content (AvgIpc) is 3.17. The Morgan fingerprint density at radius 2 is 1.70 bits per heavy atom. The number of carbonyl (C=O) groups excluding carboxylic acids is 1. The molecule has 0 radical (unpaired) electrons. The molecule has 1 amide bonds. The highest BCUT2D eigenvalue weighted by molar-refractivity contribution is 5.91. The maximum absolute atomic E-state index is 12.4. The highest BCUT2D eigenvalue weighted by atomic mass is 16.1. The summed E-state index contributed by atoms with van der Waals surface area (Å²) in [7, 11) is 0. The number of hydrogen-bond acceptors (Lipinski definition) is 1. The fourth-order valence-corrected chi connectivity index (χ4v) is 3.96. The Morgan fingerprint density at radius 3 is 2.33 bits per heavy atom. The second kappa shape index (κ2) is 9.67. The number of carbonyl (C=O) groups is 1. The number of rotatable bonds is 8. The van der Waals surface area contributed by atoms with E-state index in [1.165, 1.54) is 37.1 Å². The van der Waals surface area contributed by atoms with Crippen LogP contribution in [-0.4, -0.2) is 25.5 Å². The van der Waals surface area contributed by atoms with Gasteiger partial charge in [0.05, 0.1) is 13.1 Å². The largest absolute Gasteiger partial charge is 0.332 e. The first-order valence-corrected chi connectivity index (χ1v) is 10.2. The van der Waals surface area contributed by atoms with E-state index in [1.54, 1.807) is 4.90 Å². The number of nitrogens with one attached hydrogen (secondary N) is 2. The first-order chi connectivity index (χ1) is 13.1. The van der Waals surface area contributed by atoms with Crippen LogP contribution in [0, 0.1) is 5.92 Å². The Bertz CT molecular complexity index is 706. The van der Waals surface area contributed by atoms with Gasteiger partial charge in [-0.2, -0.15) is 0 Å². The van der Waals surface area contributed by atoms with Crippen molar-refractivity contribution in [2.45, 2.75) is 39.3 Å². The van der Waals surface area contributed by atoms with Gasteiger partial charge in [-0.1, -0.05) is 56.3 Å². The van der Waals surface area contributed by atoms with Crippen molar-refractivity contribution < 1.29 is 15.0 Å². The van der Waals surface area contributed by atoms with Crippen molar-refractivity contribution >= 4 is 11.6 Å². The van der Waals surface area contributed by atoms with Gasteiger partial charge >= 0.3 is 0 Å². The Hall–Kier alpha value is -2.17. The van der Waals surface area contributed by atoms with E-state index < -0.39 is 0 Å². The van der Waals surface area contributed by atoms with Gasteiger partial charge in [-0.05, 0) is 12.1 Å². The van der Waals surface area contributed by atoms with Crippen molar-refractivity contribution in [2.24, 2.45) is 5.92 Å². The Labute approximate surface area is 163 Å². The first kappa shape index (κ1) is 19.6. The van der Waals surface area contributed by atoms with E-state index in [-0.39, 0.29) is 5.91 Å². The van der Waals surface area contributed by atoms with Gasteiger partial charge < -0.3 is 15.5 Å². The molecule has 0 spiro atoms. The summed E-state index contributed by atoms with van der Waals surface area (Å²) in [6.45, 7) is 8.49. The van der Waals surface area contributed by atoms with E-state index in [2.05, 4.69) is 60.9 Å². The topological polar surface area (TPSA) is 50.1 Å². The molecule has 144 valence electrons. The number of likely N-dealkylation sites (tertiary alicyclic amines) is 1. The SMILES string of the molecule is CC(C)[C@H]([NH2+]CC(=O)Nc1ccc(C[NH+]2CCCC2)cc1)c1ccccc1. The molecule has 1 heterocycles. The predicted molar refractivity (Wildman–Crippen MR) is 110 cm³/mol. The lowest BCUT2D eigenvalue weighted by Gasteiger charge is -2.19. The van der Waals surface area contributed by atoms with Crippen LogP contribution in [0.1, 0.15) is 43.9 Å². The zero-order chi connectivity index (χ0) is 19.1. The lowest BCUT2D eigenvalue weighted by atomic mass is 9.96. The second-order valence-electron chi connectivity index (χ2n) is 8.00. The molecule has 27 heavy (non-hydrogen) atoms. The van der Waals surface area contributed by atoms with E-state index in [1.807, 2.05) is 18.2 Å². The monoisotopic (exact) mass is 367 g/mol. The number of quaternary nitrogens is 2. The molecular weight excluding hydrogens is 334 g/mol. The molecule has 0 bridgehead atoms. The predicted octanol–water partition coefficient (Wildman–Crippen LogP) is 1.76. The highest BCUT2D eigenvalue weighted by Crippen LogP contribution is 2.16. The van der Waals surface area contributed by atoms with Gasteiger partial charge in [-0.3, -0.25) is 4.79 Å². The van der Waals surface area contributed by atoms with E-state index in [9.17, 15) is 4.79 Å². The minimum Gasteiger partial charge on any atom is -0.332 e. The van der Waals surface area contributed by atoms with Gasteiger partial charge in [-0.15, -0.1) is 0 Å². The lowest BCUT2D eigenvalue weighted by Crippen LogP contribution is -3.08. The first-order valence-electron chi connectivity index (χ1n) is 10.2. The molecule has 1 saturated heterocycles. The van der Waals surface area contributed by atoms with Crippen molar-refractivity contribution in [3.05, 3.63) is 65.7 Å². The third kappa shape index (κ3) is 5.91.